The van der Waals surface area contributed by atoms with Gasteiger partial charge in [0.15, 0.2) is 6.73 Å². The van der Waals surface area contributed by atoms with Gasteiger partial charge in [-0.3, -0.25) is 9.48 Å². The summed E-state index contributed by atoms with van der Waals surface area (Å²) in [6.45, 7) is 4.91. The first-order chi connectivity index (χ1) is 12.6. The maximum atomic E-state index is 12.5. The minimum absolute atomic E-state index is 0.244. The van der Waals surface area contributed by atoms with E-state index in [1.165, 1.54) is 5.56 Å². The maximum absolute atomic E-state index is 12.5. The summed E-state index contributed by atoms with van der Waals surface area (Å²) < 4.78 is 9.61. The van der Waals surface area contributed by atoms with Crippen LogP contribution in [0, 0.1) is 0 Å². The standard InChI is InChI=1S/C18H20BrN5O2/c1-3-13-5-7-15(8-6-13)26-12-23-11-14(9-20-23)22-18(25)17-16(19)10-21-24(17)4-2/h5-11H,3-4,12H2,1-2H3,(H,22,25). The van der Waals surface area contributed by atoms with Gasteiger partial charge in [-0.05, 0) is 47.0 Å². The second-order valence-electron chi connectivity index (χ2n) is 5.65. The predicted molar refractivity (Wildman–Crippen MR) is 102 cm³/mol. The first-order valence-corrected chi connectivity index (χ1v) is 9.16. The van der Waals surface area contributed by atoms with Gasteiger partial charge in [-0.15, -0.1) is 0 Å². The quantitative estimate of drug-likeness (QED) is 0.635. The van der Waals surface area contributed by atoms with Crippen molar-refractivity contribution in [2.24, 2.45) is 0 Å². The average molecular weight is 418 g/mol. The molecule has 2 aromatic heterocycles. The number of nitrogens with zero attached hydrogens (tertiary/aromatic N) is 4. The van der Waals surface area contributed by atoms with Gasteiger partial charge in [-0.1, -0.05) is 19.1 Å². The molecule has 3 aromatic rings. The molecule has 0 aliphatic carbocycles. The lowest BCUT2D eigenvalue weighted by Gasteiger charge is -2.07. The fourth-order valence-corrected chi connectivity index (χ4v) is 2.96. The topological polar surface area (TPSA) is 74.0 Å². The van der Waals surface area contributed by atoms with E-state index in [1.807, 2.05) is 31.2 Å². The van der Waals surface area contributed by atoms with E-state index in [2.05, 4.69) is 38.4 Å². The van der Waals surface area contributed by atoms with E-state index < -0.39 is 0 Å². The Morgan fingerprint density at radius 3 is 2.65 bits per heavy atom. The molecule has 7 nitrogen and oxygen atoms in total. The molecule has 0 saturated heterocycles. The molecule has 0 aliphatic heterocycles. The molecule has 1 N–H and O–H groups in total. The number of nitrogens with one attached hydrogen (secondary N) is 1. The highest BCUT2D eigenvalue weighted by Crippen LogP contribution is 2.18. The molecule has 3 rings (SSSR count). The van der Waals surface area contributed by atoms with Crippen LogP contribution in [0.4, 0.5) is 5.69 Å². The summed E-state index contributed by atoms with van der Waals surface area (Å²) in [7, 11) is 0. The van der Waals surface area contributed by atoms with E-state index in [4.69, 9.17) is 4.74 Å². The molecule has 0 saturated carbocycles. The van der Waals surface area contributed by atoms with Crippen LogP contribution in [0.25, 0.3) is 0 Å². The van der Waals surface area contributed by atoms with Crippen molar-refractivity contribution in [3.63, 3.8) is 0 Å². The smallest absolute Gasteiger partial charge is 0.275 e. The SMILES string of the molecule is CCc1ccc(OCn2cc(NC(=O)c3c(Br)cnn3CC)cn2)cc1. The number of anilines is 1. The highest BCUT2D eigenvalue weighted by Gasteiger charge is 2.17. The Balaban J connectivity index is 1.60. The van der Waals surface area contributed by atoms with Gasteiger partial charge in [0, 0.05) is 6.54 Å². The third-order valence-electron chi connectivity index (χ3n) is 3.90. The molecule has 0 unspecified atom stereocenters. The number of rotatable bonds is 7. The number of aryl methyl sites for hydroxylation is 2. The van der Waals surface area contributed by atoms with Gasteiger partial charge in [0.2, 0.25) is 0 Å². The fraction of sp³-hybridized carbons (Fsp3) is 0.278. The minimum atomic E-state index is -0.244. The number of benzene rings is 1. The Morgan fingerprint density at radius 2 is 1.96 bits per heavy atom. The van der Waals surface area contributed by atoms with Crippen molar-refractivity contribution in [2.75, 3.05) is 5.32 Å². The van der Waals surface area contributed by atoms with Crippen LogP contribution in [-0.4, -0.2) is 25.5 Å². The van der Waals surface area contributed by atoms with Crippen molar-refractivity contribution < 1.29 is 9.53 Å². The third kappa shape index (κ3) is 4.13. The normalized spacial score (nSPS) is 10.7. The van der Waals surface area contributed by atoms with Gasteiger partial charge in [-0.25, -0.2) is 4.68 Å². The van der Waals surface area contributed by atoms with Crippen molar-refractivity contribution in [1.82, 2.24) is 19.6 Å². The zero-order chi connectivity index (χ0) is 18.5. The first kappa shape index (κ1) is 18.2. The van der Waals surface area contributed by atoms with Crippen LogP contribution in [0.5, 0.6) is 5.75 Å². The van der Waals surface area contributed by atoms with E-state index in [1.54, 1.807) is 28.0 Å². The lowest BCUT2D eigenvalue weighted by Crippen LogP contribution is -2.17. The van der Waals surface area contributed by atoms with Crippen LogP contribution in [-0.2, 0) is 19.7 Å². The number of halogens is 1. The maximum Gasteiger partial charge on any atom is 0.275 e. The monoisotopic (exact) mass is 417 g/mol. The van der Waals surface area contributed by atoms with Crippen LogP contribution < -0.4 is 10.1 Å². The molecule has 8 heteroatoms. The Hall–Kier alpha value is -2.61. The van der Waals surface area contributed by atoms with Crippen molar-refractivity contribution >= 4 is 27.5 Å². The third-order valence-corrected chi connectivity index (χ3v) is 4.48. The Kier molecular flexibility index (Phi) is 5.72. The summed E-state index contributed by atoms with van der Waals surface area (Å²) in [5.41, 5.74) is 2.34. The molecular formula is C18H20BrN5O2. The number of aromatic nitrogens is 4. The first-order valence-electron chi connectivity index (χ1n) is 8.37. The lowest BCUT2D eigenvalue weighted by atomic mass is 10.2. The predicted octanol–water partition coefficient (Wildman–Crippen LogP) is 3.71. The van der Waals surface area contributed by atoms with E-state index in [-0.39, 0.29) is 12.6 Å². The van der Waals surface area contributed by atoms with Crippen molar-refractivity contribution in [2.45, 2.75) is 33.5 Å². The van der Waals surface area contributed by atoms with Gasteiger partial charge in [0.1, 0.15) is 11.4 Å². The summed E-state index contributed by atoms with van der Waals surface area (Å²) in [5, 5.41) is 11.2. The summed E-state index contributed by atoms with van der Waals surface area (Å²) in [5.74, 6) is 0.533. The minimum Gasteiger partial charge on any atom is -0.471 e. The van der Waals surface area contributed by atoms with Crippen molar-refractivity contribution in [1.29, 1.82) is 0 Å². The van der Waals surface area contributed by atoms with Gasteiger partial charge < -0.3 is 10.1 Å². The van der Waals surface area contributed by atoms with Gasteiger partial charge in [0.05, 0.1) is 28.8 Å². The zero-order valence-electron chi connectivity index (χ0n) is 14.6. The Labute approximate surface area is 160 Å². The molecule has 0 spiro atoms. The zero-order valence-corrected chi connectivity index (χ0v) is 16.2. The Morgan fingerprint density at radius 1 is 1.19 bits per heavy atom. The molecule has 1 amide bonds. The summed E-state index contributed by atoms with van der Waals surface area (Å²) in [6, 6.07) is 7.96. The van der Waals surface area contributed by atoms with Crippen LogP contribution in [0.3, 0.4) is 0 Å². The van der Waals surface area contributed by atoms with E-state index in [9.17, 15) is 4.79 Å². The average Bonchev–Trinajstić information content (AvgIpc) is 3.26. The Bertz CT molecular complexity index is 885. The molecule has 1 aromatic carbocycles. The fourth-order valence-electron chi connectivity index (χ4n) is 2.48. The molecule has 0 atom stereocenters. The summed E-state index contributed by atoms with van der Waals surface area (Å²) >= 11 is 3.35. The van der Waals surface area contributed by atoms with Crippen LogP contribution in [0.1, 0.15) is 29.9 Å². The highest BCUT2D eigenvalue weighted by atomic mass is 79.9. The summed E-state index contributed by atoms with van der Waals surface area (Å²) in [6.07, 6.45) is 5.91. The van der Waals surface area contributed by atoms with E-state index in [0.29, 0.717) is 22.4 Å². The van der Waals surface area contributed by atoms with Gasteiger partial charge in [0.25, 0.3) is 5.91 Å². The lowest BCUT2D eigenvalue weighted by molar-refractivity contribution is 0.101. The number of carbonyl (C=O) groups excluding carboxylic acids is 1. The number of carbonyl (C=O) groups is 1. The van der Waals surface area contributed by atoms with Crippen LogP contribution in [0.2, 0.25) is 0 Å². The van der Waals surface area contributed by atoms with Crippen LogP contribution >= 0.6 is 15.9 Å². The molecule has 2 heterocycles. The van der Waals surface area contributed by atoms with E-state index >= 15 is 0 Å². The second kappa shape index (κ2) is 8.18. The molecule has 0 aliphatic rings. The molecule has 0 radical (unpaired) electrons. The van der Waals surface area contributed by atoms with Crippen molar-refractivity contribution in [3.8, 4) is 5.75 Å². The highest BCUT2D eigenvalue weighted by molar-refractivity contribution is 9.10. The summed E-state index contributed by atoms with van der Waals surface area (Å²) in [4.78, 5) is 12.5. The molecule has 26 heavy (non-hydrogen) atoms. The number of amides is 1. The molecule has 0 fully saturated rings. The molecular weight excluding hydrogens is 398 g/mol. The number of hydrogen-bond donors (Lipinski definition) is 1. The van der Waals surface area contributed by atoms with Crippen LogP contribution in [0.15, 0.2) is 47.3 Å². The second-order valence-corrected chi connectivity index (χ2v) is 6.50. The van der Waals surface area contributed by atoms with E-state index in [0.717, 1.165) is 12.2 Å². The van der Waals surface area contributed by atoms with Gasteiger partial charge >= 0.3 is 0 Å². The molecule has 136 valence electrons. The largest absolute Gasteiger partial charge is 0.471 e. The number of hydrogen-bond acceptors (Lipinski definition) is 4. The number of ether oxygens (including phenoxy) is 1. The molecule has 0 bridgehead atoms. The van der Waals surface area contributed by atoms with Crippen molar-refractivity contribution in [3.05, 3.63) is 58.6 Å². The van der Waals surface area contributed by atoms with Gasteiger partial charge in [-0.2, -0.15) is 10.2 Å².